The number of aromatic nitrogens is 3. The lowest BCUT2D eigenvalue weighted by molar-refractivity contribution is 0.0709. The fraction of sp³-hybridized carbons (Fsp3) is 0.440. The predicted molar refractivity (Wildman–Crippen MR) is 122 cm³/mol. The Labute approximate surface area is 188 Å². The molecule has 0 bridgehead atoms. The normalized spacial score (nSPS) is 16.6. The van der Waals surface area contributed by atoms with Crippen LogP contribution in [0.15, 0.2) is 35.0 Å². The summed E-state index contributed by atoms with van der Waals surface area (Å²) in [5, 5.41) is 3.27. The fourth-order valence-electron chi connectivity index (χ4n) is 4.99. The van der Waals surface area contributed by atoms with Crippen LogP contribution < -0.4 is 5.32 Å². The second kappa shape index (κ2) is 8.73. The van der Waals surface area contributed by atoms with Crippen LogP contribution in [-0.4, -0.2) is 38.8 Å². The molecule has 3 aromatic rings. The summed E-state index contributed by atoms with van der Waals surface area (Å²) in [6, 6.07) is 5.88. The van der Waals surface area contributed by atoms with E-state index in [0.29, 0.717) is 11.9 Å². The molecule has 0 saturated carbocycles. The number of carbonyl (C=O) groups excluding carboxylic acids is 1. The Morgan fingerprint density at radius 1 is 1.09 bits per heavy atom. The van der Waals surface area contributed by atoms with Gasteiger partial charge in [0.05, 0.1) is 5.56 Å². The van der Waals surface area contributed by atoms with Crippen molar-refractivity contribution in [3.8, 4) is 0 Å². The maximum atomic E-state index is 13.3. The first-order valence-electron chi connectivity index (χ1n) is 11.5. The van der Waals surface area contributed by atoms with Gasteiger partial charge >= 0.3 is 0 Å². The third-order valence-electron chi connectivity index (χ3n) is 6.56. The van der Waals surface area contributed by atoms with E-state index in [1.54, 1.807) is 18.5 Å². The molecule has 0 atom stereocenters. The Bertz CT molecular complexity index is 1120. The van der Waals surface area contributed by atoms with E-state index in [1.807, 2.05) is 24.8 Å². The Hall–Kier alpha value is -3.22. The molecule has 166 valence electrons. The molecule has 2 aliphatic rings. The highest BCUT2D eigenvalue weighted by molar-refractivity contribution is 5.97. The summed E-state index contributed by atoms with van der Waals surface area (Å²) in [7, 11) is 0. The zero-order valence-corrected chi connectivity index (χ0v) is 18.7. The van der Waals surface area contributed by atoms with Crippen molar-refractivity contribution in [1.82, 2.24) is 19.9 Å². The second-order valence-corrected chi connectivity index (χ2v) is 8.83. The van der Waals surface area contributed by atoms with Crippen LogP contribution in [0.4, 0.5) is 11.6 Å². The molecule has 7 nitrogen and oxygen atoms in total. The molecule has 32 heavy (non-hydrogen) atoms. The van der Waals surface area contributed by atoms with Gasteiger partial charge in [-0.15, -0.1) is 0 Å². The van der Waals surface area contributed by atoms with E-state index in [9.17, 15) is 4.79 Å². The Morgan fingerprint density at radius 2 is 1.84 bits per heavy atom. The number of piperidine rings is 1. The molecule has 1 fully saturated rings. The van der Waals surface area contributed by atoms with Crippen molar-refractivity contribution in [2.75, 3.05) is 18.4 Å². The third-order valence-corrected chi connectivity index (χ3v) is 6.56. The lowest BCUT2D eigenvalue weighted by Gasteiger charge is -2.32. The van der Waals surface area contributed by atoms with Crippen LogP contribution in [0.3, 0.4) is 0 Å². The molecular formula is C25H29N5O2. The molecule has 1 aliphatic carbocycles. The number of pyridine rings is 1. The summed E-state index contributed by atoms with van der Waals surface area (Å²) in [6.07, 6.45) is 9.44. The molecule has 4 heterocycles. The molecule has 1 saturated heterocycles. The van der Waals surface area contributed by atoms with Gasteiger partial charge in [-0.25, -0.2) is 9.97 Å². The highest BCUT2D eigenvalue weighted by atomic mass is 16.3. The largest absolute Gasteiger partial charge is 0.465 e. The van der Waals surface area contributed by atoms with Gasteiger partial charge in [0, 0.05) is 60.5 Å². The number of anilines is 2. The number of amides is 1. The van der Waals surface area contributed by atoms with Crippen LogP contribution in [0.25, 0.3) is 0 Å². The number of hydrogen-bond acceptors (Lipinski definition) is 6. The van der Waals surface area contributed by atoms with Crippen molar-refractivity contribution in [3.05, 3.63) is 64.6 Å². The van der Waals surface area contributed by atoms with Crippen molar-refractivity contribution < 1.29 is 9.21 Å². The van der Waals surface area contributed by atoms with E-state index < -0.39 is 0 Å². The maximum absolute atomic E-state index is 13.3. The van der Waals surface area contributed by atoms with Gasteiger partial charge in [-0.05, 0) is 64.2 Å². The van der Waals surface area contributed by atoms with Crippen molar-refractivity contribution in [1.29, 1.82) is 0 Å². The zero-order valence-electron chi connectivity index (χ0n) is 18.7. The first-order chi connectivity index (χ1) is 15.6. The van der Waals surface area contributed by atoms with Crippen LogP contribution in [0.2, 0.25) is 0 Å². The first kappa shape index (κ1) is 20.7. The van der Waals surface area contributed by atoms with Crippen LogP contribution in [0, 0.1) is 13.8 Å². The topological polar surface area (TPSA) is 84.2 Å². The zero-order chi connectivity index (χ0) is 22.1. The molecule has 1 aliphatic heterocycles. The molecule has 1 N–H and O–H groups in total. The van der Waals surface area contributed by atoms with Crippen LogP contribution in [0.1, 0.15) is 70.4 Å². The quantitative estimate of drug-likeness (QED) is 0.643. The van der Waals surface area contributed by atoms with Crippen molar-refractivity contribution in [2.45, 2.75) is 58.3 Å². The minimum absolute atomic E-state index is 0.133. The summed E-state index contributed by atoms with van der Waals surface area (Å²) >= 11 is 0. The summed E-state index contributed by atoms with van der Waals surface area (Å²) < 4.78 is 5.94. The highest BCUT2D eigenvalue weighted by Gasteiger charge is 2.31. The standard InChI is InChI=1S/C25H29N5O2/c1-16-14-19(29-25-26-10-5-11-27-25)15-21(28-16)18-8-12-30(13-9-18)24(31)23-17(2)32-22-7-4-3-6-20(22)23/h5,10-11,14-15,18H,3-4,6-9,12-13H2,1-2H3,(H,26,27,28,29). The van der Waals surface area contributed by atoms with E-state index in [0.717, 1.165) is 91.3 Å². The number of fused-ring (bicyclic) bond motifs is 1. The highest BCUT2D eigenvalue weighted by Crippen LogP contribution is 2.33. The van der Waals surface area contributed by atoms with Crippen molar-refractivity contribution in [2.24, 2.45) is 0 Å². The monoisotopic (exact) mass is 431 g/mol. The lowest BCUT2D eigenvalue weighted by Crippen LogP contribution is -2.38. The van der Waals surface area contributed by atoms with Crippen LogP contribution in [-0.2, 0) is 12.8 Å². The molecule has 0 spiro atoms. The smallest absolute Gasteiger partial charge is 0.257 e. The first-order valence-corrected chi connectivity index (χ1v) is 11.5. The van der Waals surface area contributed by atoms with Crippen molar-refractivity contribution >= 4 is 17.5 Å². The Balaban J connectivity index is 1.28. The van der Waals surface area contributed by atoms with E-state index in [4.69, 9.17) is 9.40 Å². The third kappa shape index (κ3) is 4.11. The molecule has 3 aromatic heterocycles. The van der Waals surface area contributed by atoms with Gasteiger partial charge in [0.25, 0.3) is 5.91 Å². The van der Waals surface area contributed by atoms with Gasteiger partial charge in [-0.1, -0.05) is 0 Å². The fourth-order valence-corrected chi connectivity index (χ4v) is 4.99. The molecular weight excluding hydrogens is 402 g/mol. The number of furan rings is 1. The number of aryl methyl sites for hydroxylation is 3. The predicted octanol–water partition coefficient (Wildman–Crippen LogP) is 4.72. The second-order valence-electron chi connectivity index (χ2n) is 8.83. The maximum Gasteiger partial charge on any atom is 0.257 e. The van der Waals surface area contributed by atoms with E-state index in [-0.39, 0.29) is 5.91 Å². The van der Waals surface area contributed by atoms with Gasteiger partial charge in [0.2, 0.25) is 5.95 Å². The molecule has 5 rings (SSSR count). The number of carbonyl (C=O) groups is 1. The van der Waals surface area contributed by atoms with E-state index >= 15 is 0 Å². The van der Waals surface area contributed by atoms with Gasteiger partial charge in [-0.3, -0.25) is 9.78 Å². The summed E-state index contributed by atoms with van der Waals surface area (Å²) in [5.41, 5.74) is 4.94. The molecule has 7 heteroatoms. The summed E-state index contributed by atoms with van der Waals surface area (Å²) in [5.74, 6) is 2.84. The van der Waals surface area contributed by atoms with Gasteiger partial charge < -0.3 is 14.6 Å². The van der Waals surface area contributed by atoms with Crippen LogP contribution in [0.5, 0.6) is 0 Å². The summed E-state index contributed by atoms with van der Waals surface area (Å²) in [4.78, 5) is 28.6. The number of likely N-dealkylation sites (tertiary alicyclic amines) is 1. The van der Waals surface area contributed by atoms with Gasteiger partial charge in [0.1, 0.15) is 11.5 Å². The molecule has 0 aromatic carbocycles. The van der Waals surface area contributed by atoms with E-state index in [2.05, 4.69) is 21.4 Å². The number of nitrogens with one attached hydrogen (secondary N) is 1. The molecule has 1 amide bonds. The number of nitrogens with zero attached hydrogens (tertiary/aromatic N) is 4. The van der Waals surface area contributed by atoms with Gasteiger partial charge in [0.15, 0.2) is 0 Å². The number of rotatable bonds is 4. The van der Waals surface area contributed by atoms with E-state index in [1.165, 1.54) is 0 Å². The average molecular weight is 432 g/mol. The Kier molecular flexibility index (Phi) is 5.64. The minimum Gasteiger partial charge on any atom is -0.465 e. The summed E-state index contributed by atoms with van der Waals surface area (Å²) in [6.45, 7) is 5.41. The Morgan fingerprint density at radius 3 is 2.62 bits per heavy atom. The minimum atomic E-state index is 0.133. The van der Waals surface area contributed by atoms with Crippen LogP contribution >= 0.6 is 0 Å². The lowest BCUT2D eigenvalue weighted by atomic mass is 9.91. The number of hydrogen-bond donors (Lipinski definition) is 1. The van der Waals surface area contributed by atoms with Crippen molar-refractivity contribution in [3.63, 3.8) is 0 Å². The van der Waals surface area contributed by atoms with Gasteiger partial charge in [-0.2, -0.15) is 0 Å². The molecule has 0 unspecified atom stereocenters. The SMILES string of the molecule is Cc1cc(Nc2ncccn2)cc(C2CCN(C(=O)c3c(C)oc4c3CCCC4)CC2)n1. The average Bonchev–Trinajstić information content (AvgIpc) is 3.14. The molecule has 0 radical (unpaired) electrons.